The summed E-state index contributed by atoms with van der Waals surface area (Å²) in [7, 11) is 0. The number of hydrogen-bond acceptors (Lipinski definition) is 3. The summed E-state index contributed by atoms with van der Waals surface area (Å²) in [5.41, 5.74) is 3.55. The Bertz CT molecular complexity index is 499. The molecule has 0 aliphatic heterocycles. The van der Waals surface area contributed by atoms with E-state index in [1.807, 2.05) is 12.1 Å². The zero-order valence-corrected chi connectivity index (χ0v) is 12.7. The predicted octanol–water partition coefficient (Wildman–Crippen LogP) is 4.45. The van der Waals surface area contributed by atoms with Crippen LogP contribution in [0.4, 0.5) is 0 Å². The first-order valence-electron chi connectivity index (χ1n) is 7.53. The van der Waals surface area contributed by atoms with Crippen molar-refractivity contribution in [3.05, 3.63) is 34.7 Å². The van der Waals surface area contributed by atoms with Crippen LogP contribution in [0.3, 0.4) is 0 Å². The summed E-state index contributed by atoms with van der Waals surface area (Å²) in [6.07, 6.45) is 8.57. The first-order chi connectivity index (χ1) is 9.54. The van der Waals surface area contributed by atoms with Gasteiger partial charge in [0, 0.05) is 12.0 Å². The molecule has 110 valence electrons. The topological polar surface area (TPSA) is 46.3 Å². The van der Waals surface area contributed by atoms with Crippen molar-refractivity contribution >= 4 is 6.08 Å². The molecule has 1 aliphatic rings. The third-order valence-corrected chi connectivity index (χ3v) is 3.96. The molecule has 2 unspecified atom stereocenters. The largest absolute Gasteiger partial charge is 0.389 e. The minimum absolute atomic E-state index is 0.314. The van der Waals surface area contributed by atoms with E-state index in [4.69, 9.17) is 4.52 Å². The molecule has 1 aromatic heterocycles. The Kier molecular flexibility index (Phi) is 5.18. The average molecular weight is 275 g/mol. The van der Waals surface area contributed by atoms with Gasteiger partial charge in [0.1, 0.15) is 0 Å². The van der Waals surface area contributed by atoms with Crippen LogP contribution in [0.5, 0.6) is 0 Å². The molecule has 0 radical (unpaired) electrons. The van der Waals surface area contributed by atoms with Gasteiger partial charge in [-0.15, -0.1) is 0 Å². The molecule has 1 aromatic rings. The Morgan fingerprint density at radius 3 is 2.80 bits per heavy atom. The lowest BCUT2D eigenvalue weighted by molar-refractivity contribution is 0.208. The zero-order valence-electron chi connectivity index (χ0n) is 12.7. The van der Waals surface area contributed by atoms with E-state index < -0.39 is 0 Å². The van der Waals surface area contributed by atoms with Gasteiger partial charge in [0.25, 0.3) is 0 Å². The molecule has 0 saturated heterocycles. The quantitative estimate of drug-likeness (QED) is 0.711. The van der Waals surface area contributed by atoms with Crippen LogP contribution in [-0.2, 0) is 0 Å². The summed E-state index contributed by atoms with van der Waals surface area (Å²) in [5.74, 6) is 1.22. The molecule has 3 nitrogen and oxygen atoms in total. The van der Waals surface area contributed by atoms with Crippen molar-refractivity contribution in [1.29, 1.82) is 0 Å². The Labute approximate surface area is 121 Å². The SMILES string of the molecule is C/C1=C/c2cc(no2)C(C)CC/C(C)=C/C(O)CCC1. The predicted molar refractivity (Wildman–Crippen MR) is 81.4 cm³/mol. The highest BCUT2D eigenvalue weighted by molar-refractivity contribution is 5.46. The highest BCUT2D eigenvalue weighted by Crippen LogP contribution is 2.25. The number of aliphatic hydroxyl groups excluding tert-OH is 1. The molecule has 0 amide bonds. The fourth-order valence-electron chi connectivity index (χ4n) is 2.60. The second kappa shape index (κ2) is 6.89. The minimum Gasteiger partial charge on any atom is -0.389 e. The second-order valence-electron chi connectivity index (χ2n) is 6.06. The molecular formula is C17H25NO2. The van der Waals surface area contributed by atoms with E-state index >= 15 is 0 Å². The van der Waals surface area contributed by atoms with Crippen LogP contribution in [0.25, 0.3) is 6.08 Å². The molecule has 1 heterocycles. The van der Waals surface area contributed by atoms with Crippen LogP contribution in [-0.4, -0.2) is 16.4 Å². The number of aliphatic hydroxyl groups is 1. The molecule has 0 fully saturated rings. The standard InChI is InChI=1S/C17H25NO2/c1-12-5-4-6-15(19)9-13(2)7-8-14(3)17-11-16(10-12)20-18-17/h9-11,14-15,19H,4-8H2,1-3H3/b12-10-,13-9+. The molecule has 20 heavy (non-hydrogen) atoms. The van der Waals surface area contributed by atoms with Gasteiger partial charge in [0.2, 0.25) is 0 Å². The van der Waals surface area contributed by atoms with E-state index in [-0.39, 0.29) is 6.10 Å². The normalized spacial score (nSPS) is 30.8. The molecule has 1 aliphatic carbocycles. The van der Waals surface area contributed by atoms with Gasteiger partial charge in [-0.05, 0) is 52.0 Å². The molecule has 2 rings (SSSR count). The lowest BCUT2D eigenvalue weighted by Gasteiger charge is -2.11. The van der Waals surface area contributed by atoms with Gasteiger partial charge in [-0.3, -0.25) is 0 Å². The number of nitrogens with zero attached hydrogens (tertiary/aromatic N) is 1. The van der Waals surface area contributed by atoms with Crippen LogP contribution in [0, 0.1) is 0 Å². The molecule has 0 spiro atoms. The Morgan fingerprint density at radius 2 is 2.00 bits per heavy atom. The fourth-order valence-corrected chi connectivity index (χ4v) is 2.60. The van der Waals surface area contributed by atoms with E-state index in [9.17, 15) is 5.11 Å². The van der Waals surface area contributed by atoms with Gasteiger partial charge in [-0.2, -0.15) is 0 Å². The molecule has 3 heteroatoms. The van der Waals surface area contributed by atoms with Crippen molar-refractivity contribution in [3.8, 4) is 0 Å². The van der Waals surface area contributed by atoms with Crippen molar-refractivity contribution in [2.24, 2.45) is 0 Å². The van der Waals surface area contributed by atoms with E-state index in [0.29, 0.717) is 5.92 Å². The maximum Gasteiger partial charge on any atom is 0.159 e. The Morgan fingerprint density at radius 1 is 1.20 bits per heavy atom. The van der Waals surface area contributed by atoms with Crippen LogP contribution in [0.2, 0.25) is 0 Å². The van der Waals surface area contributed by atoms with Crippen molar-refractivity contribution in [2.45, 2.75) is 64.9 Å². The highest BCUT2D eigenvalue weighted by Gasteiger charge is 2.12. The molecule has 1 N–H and O–H groups in total. The summed E-state index contributed by atoms with van der Waals surface area (Å²) in [5, 5.41) is 14.2. The number of fused-ring (bicyclic) bond motifs is 2. The van der Waals surface area contributed by atoms with Gasteiger partial charge in [-0.1, -0.05) is 29.3 Å². The first-order valence-corrected chi connectivity index (χ1v) is 7.53. The summed E-state index contributed by atoms with van der Waals surface area (Å²) in [6.45, 7) is 6.37. The molecular weight excluding hydrogens is 250 g/mol. The van der Waals surface area contributed by atoms with E-state index in [0.717, 1.165) is 43.6 Å². The lowest BCUT2D eigenvalue weighted by atomic mass is 9.96. The Hall–Kier alpha value is -1.35. The summed E-state index contributed by atoms with van der Waals surface area (Å²) in [4.78, 5) is 0. The van der Waals surface area contributed by atoms with Gasteiger partial charge < -0.3 is 9.63 Å². The summed E-state index contributed by atoms with van der Waals surface area (Å²) in [6, 6.07) is 2.05. The van der Waals surface area contributed by atoms with Crippen molar-refractivity contribution in [3.63, 3.8) is 0 Å². The average Bonchev–Trinajstić information content (AvgIpc) is 2.83. The number of rotatable bonds is 0. The highest BCUT2D eigenvalue weighted by atomic mass is 16.5. The fraction of sp³-hybridized carbons (Fsp3) is 0.588. The van der Waals surface area contributed by atoms with E-state index in [2.05, 4.69) is 32.0 Å². The van der Waals surface area contributed by atoms with Crippen LogP contribution < -0.4 is 0 Å². The third-order valence-electron chi connectivity index (χ3n) is 3.96. The van der Waals surface area contributed by atoms with Crippen molar-refractivity contribution in [2.75, 3.05) is 0 Å². The molecule has 0 saturated carbocycles. The van der Waals surface area contributed by atoms with Crippen molar-refractivity contribution in [1.82, 2.24) is 5.16 Å². The van der Waals surface area contributed by atoms with Gasteiger partial charge in [0.15, 0.2) is 5.76 Å². The van der Waals surface area contributed by atoms with E-state index in [1.165, 1.54) is 11.1 Å². The third kappa shape index (κ3) is 4.34. The summed E-state index contributed by atoms with van der Waals surface area (Å²) < 4.78 is 5.39. The number of aromatic nitrogens is 1. The van der Waals surface area contributed by atoms with E-state index in [1.54, 1.807) is 0 Å². The smallest absolute Gasteiger partial charge is 0.159 e. The zero-order chi connectivity index (χ0) is 14.5. The minimum atomic E-state index is -0.314. The van der Waals surface area contributed by atoms with Crippen LogP contribution in [0.15, 0.2) is 27.8 Å². The first kappa shape index (κ1) is 15.0. The summed E-state index contributed by atoms with van der Waals surface area (Å²) >= 11 is 0. The number of hydrogen-bond donors (Lipinski definition) is 1. The molecule has 0 aromatic carbocycles. The van der Waals surface area contributed by atoms with Gasteiger partial charge in [-0.25, -0.2) is 0 Å². The van der Waals surface area contributed by atoms with Gasteiger partial charge in [0.05, 0.1) is 11.8 Å². The second-order valence-corrected chi connectivity index (χ2v) is 6.06. The monoisotopic (exact) mass is 275 g/mol. The van der Waals surface area contributed by atoms with Crippen LogP contribution >= 0.6 is 0 Å². The number of allylic oxidation sites excluding steroid dienone is 2. The Balaban J connectivity index is 2.19. The molecule has 2 atom stereocenters. The van der Waals surface area contributed by atoms with Crippen LogP contribution in [0.1, 0.15) is 70.2 Å². The lowest BCUT2D eigenvalue weighted by Crippen LogP contribution is -2.04. The van der Waals surface area contributed by atoms with Crippen molar-refractivity contribution < 1.29 is 9.63 Å². The van der Waals surface area contributed by atoms with Gasteiger partial charge >= 0.3 is 0 Å². The maximum absolute atomic E-state index is 10.0. The maximum atomic E-state index is 10.0. The molecule has 2 bridgehead atoms.